The van der Waals surface area contributed by atoms with Gasteiger partial charge in [-0.25, -0.2) is 13.4 Å². The summed E-state index contributed by atoms with van der Waals surface area (Å²) < 4.78 is 25.9. The van der Waals surface area contributed by atoms with E-state index < -0.39 is 9.84 Å². The van der Waals surface area contributed by atoms with Gasteiger partial charge in [0.1, 0.15) is 5.82 Å². The van der Waals surface area contributed by atoms with Crippen molar-refractivity contribution in [1.29, 1.82) is 0 Å². The minimum Gasteiger partial charge on any atom is -0.327 e. The second-order valence-electron chi connectivity index (χ2n) is 11.7. The topological polar surface area (TPSA) is 58.4 Å². The maximum Gasteiger partial charge on any atom is 0.175 e. The summed E-state index contributed by atoms with van der Waals surface area (Å²) in [7, 11) is -1.14. The molecule has 1 aliphatic carbocycles. The quantitative estimate of drug-likeness (QED) is 0.466. The maximum absolute atomic E-state index is 11.9. The van der Waals surface area contributed by atoms with Gasteiger partial charge in [0, 0.05) is 31.0 Å². The monoisotopic (exact) mass is 520 g/mol. The first-order valence-electron chi connectivity index (χ1n) is 14.0. The van der Waals surface area contributed by atoms with Gasteiger partial charge in [-0.15, -0.1) is 0 Å². The second-order valence-corrected chi connectivity index (χ2v) is 13.7. The van der Waals surface area contributed by atoms with Crippen LogP contribution in [-0.4, -0.2) is 72.3 Å². The van der Waals surface area contributed by atoms with Crippen LogP contribution < -0.4 is 0 Å². The Balaban J connectivity index is 1.15. The average Bonchev–Trinajstić information content (AvgIpc) is 3.20. The Morgan fingerprint density at radius 2 is 1.43 bits per heavy atom. The first kappa shape index (κ1) is 25.1. The molecule has 3 fully saturated rings. The third kappa shape index (κ3) is 4.86. The molecular formula is C30H40N4O2S. The van der Waals surface area contributed by atoms with E-state index >= 15 is 0 Å². The Labute approximate surface area is 221 Å². The van der Waals surface area contributed by atoms with Crippen molar-refractivity contribution < 1.29 is 8.42 Å². The minimum atomic E-state index is -3.21. The Hall–Kier alpha value is -2.22. The van der Waals surface area contributed by atoms with E-state index in [1.54, 1.807) is 12.1 Å². The normalized spacial score (nSPS) is 21.5. The van der Waals surface area contributed by atoms with Crippen molar-refractivity contribution >= 4 is 20.9 Å². The summed E-state index contributed by atoms with van der Waals surface area (Å²) in [4.78, 5) is 10.8. The predicted molar refractivity (Wildman–Crippen MR) is 150 cm³/mol. The van der Waals surface area contributed by atoms with Gasteiger partial charge in [0.2, 0.25) is 0 Å². The molecule has 7 heteroatoms. The zero-order chi connectivity index (χ0) is 25.7. The molecule has 198 valence electrons. The van der Waals surface area contributed by atoms with Gasteiger partial charge in [0.05, 0.1) is 15.9 Å². The molecule has 1 aromatic heterocycles. The van der Waals surface area contributed by atoms with E-state index in [1.807, 2.05) is 12.1 Å². The summed E-state index contributed by atoms with van der Waals surface area (Å²) in [6.07, 6.45) is 10.7. The summed E-state index contributed by atoms with van der Waals surface area (Å²) in [5.41, 5.74) is 5.77. The molecule has 0 radical (unpaired) electrons. The smallest absolute Gasteiger partial charge is 0.175 e. The third-order valence-corrected chi connectivity index (χ3v) is 10.5. The third-order valence-electron chi connectivity index (χ3n) is 9.35. The summed E-state index contributed by atoms with van der Waals surface area (Å²) >= 11 is 0. The Morgan fingerprint density at radius 1 is 0.838 bits per heavy atom. The fourth-order valence-corrected chi connectivity index (χ4v) is 7.43. The number of benzene rings is 2. The molecule has 3 aliphatic rings. The highest BCUT2D eigenvalue weighted by Crippen LogP contribution is 2.35. The molecule has 0 spiro atoms. The summed E-state index contributed by atoms with van der Waals surface area (Å²) in [5.74, 6) is 1.47. The number of hydrogen-bond donors (Lipinski definition) is 0. The standard InChI is InChI=1S/C30H40N4O2S/c1-21-19-24(22-11-15-33(16-12-22)26-13-17-34(18-14-26)25-5-4-6-25)20-28-29(21)31-30(32(28)2)23-7-9-27(10-8-23)37(3,35)36/h7-10,19-20,22,25-26H,4-6,11-18H2,1-3H3. The zero-order valence-electron chi connectivity index (χ0n) is 22.5. The highest BCUT2D eigenvalue weighted by atomic mass is 32.2. The van der Waals surface area contributed by atoms with Crippen molar-refractivity contribution in [3.05, 3.63) is 47.5 Å². The van der Waals surface area contributed by atoms with Crippen LogP contribution in [0.5, 0.6) is 0 Å². The molecule has 0 unspecified atom stereocenters. The molecule has 0 N–H and O–H groups in total. The number of piperidine rings is 2. The number of sulfone groups is 1. The van der Waals surface area contributed by atoms with Crippen LogP contribution >= 0.6 is 0 Å². The Kier molecular flexibility index (Phi) is 6.66. The van der Waals surface area contributed by atoms with Crippen molar-refractivity contribution in [3.63, 3.8) is 0 Å². The van der Waals surface area contributed by atoms with Crippen LogP contribution in [0.1, 0.15) is 62.0 Å². The molecule has 6 rings (SSSR count). The lowest BCUT2D eigenvalue weighted by Crippen LogP contribution is -2.51. The van der Waals surface area contributed by atoms with E-state index in [2.05, 4.69) is 40.5 Å². The lowest BCUT2D eigenvalue weighted by atomic mass is 9.86. The molecule has 6 nitrogen and oxygen atoms in total. The zero-order valence-corrected chi connectivity index (χ0v) is 23.3. The summed E-state index contributed by atoms with van der Waals surface area (Å²) in [6, 6.07) is 13.4. The van der Waals surface area contributed by atoms with Gasteiger partial charge < -0.3 is 14.4 Å². The van der Waals surface area contributed by atoms with Gasteiger partial charge in [0.15, 0.2) is 9.84 Å². The molecular weight excluding hydrogens is 480 g/mol. The molecule has 1 saturated carbocycles. The summed E-state index contributed by atoms with van der Waals surface area (Å²) in [6.45, 7) is 7.18. The molecule has 0 bridgehead atoms. The van der Waals surface area contributed by atoms with Gasteiger partial charge in [-0.05, 0) is 119 Å². The molecule has 37 heavy (non-hydrogen) atoms. The number of rotatable bonds is 5. The largest absolute Gasteiger partial charge is 0.327 e. The van der Waals surface area contributed by atoms with Crippen LogP contribution in [0.4, 0.5) is 0 Å². The molecule has 0 atom stereocenters. The van der Waals surface area contributed by atoms with Crippen LogP contribution in [0.2, 0.25) is 0 Å². The van der Waals surface area contributed by atoms with Gasteiger partial charge in [-0.1, -0.05) is 12.5 Å². The number of aryl methyl sites for hydroxylation is 2. The average molecular weight is 521 g/mol. The van der Waals surface area contributed by atoms with E-state index in [1.165, 1.54) is 88.5 Å². The number of fused-ring (bicyclic) bond motifs is 1. The van der Waals surface area contributed by atoms with Gasteiger partial charge in [-0.3, -0.25) is 0 Å². The van der Waals surface area contributed by atoms with Crippen LogP contribution in [0.3, 0.4) is 0 Å². The maximum atomic E-state index is 11.9. The molecule has 2 saturated heterocycles. The van der Waals surface area contributed by atoms with Crippen LogP contribution in [-0.2, 0) is 16.9 Å². The van der Waals surface area contributed by atoms with Crippen molar-refractivity contribution in [2.24, 2.45) is 7.05 Å². The molecule has 0 amide bonds. The Morgan fingerprint density at radius 3 is 2.00 bits per heavy atom. The van der Waals surface area contributed by atoms with Crippen molar-refractivity contribution in [1.82, 2.24) is 19.4 Å². The highest BCUT2D eigenvalue weighted by Gasteiger charge is 2.32. The van der Waals surface area contributed by atoms with Crippen LogP contribution in [0.25, 0.3) is 22.4 Å². The van der Waals surface area contributed by atoms with Crippen LogP contribution in [0, 0.1) is 6.92 Å². The SMILES string of the molecule is Cc1cc(C2CCN(C3CCN(C4CCC4)CC3)CC2)cc2c1nc(-c1ccc(S(C)(=O)=O)cc1)n2C. The van der Waals surface area contributed by atoms with Crippen molar-refractivity contribution in [2.45, 2.75) is 74.8 Å². The number of likely N-dealkylation sites (tertiary alicyclic amines) is 2. The van der Waals surface area contributed by atoms with Crippen molar-refractivity contribution in [3.8, 4) is 11.4 Å². The van der Waals surface area contributed by atoms with E-state index in [0.29, 0.717) is 10.8 Å². The highest BCUT2D eigenvalue weighted by molar-refractivity contribution is 7.90. The number of hydrogen-bond acceptors (Lipinski definition) is 5. The second kappa shape index (κ2) is 9.83. The summed E-state index contributed by atoms with van der Waals surface area (Å²) in [5, 5.41) is 0. The van der Waals surface area contributed by atoms with E-state index in [-0.39, 0.29) is 0 Å². The van der Waals surface area contributed by atoms with Crippen molar-refractivity contribution in [2.75, 3.05) is 32.4 Å². The van der Waals surface area contributed by atoms with E-state index in [0.717, 1.165) is 34.5 Å². The molecule has 3 aromatic rings. The van der Waals surface area contributed by atoms with E-state index in [4.69, 9.17) is 4.98 Å². The van der Waals surface area contributed by atoms with Gasteiger partial charge >= 0.3 is 0 Å². The fourth-order valence-electron chi connectivity index (χ4n) is 6.80. The minimum absolute atomic E-state index is 0.337. The number of nitrogens with zero attached hydrogens (tertiary/aromatic N) is 4. The fraction of sp³-hybridized carbons (Fsp3) is 0.567. The first-order chi connectivity index (χ1) is 17.8. The predicted octanol–water partition coefficient (Wildman–Crippen LogP) is 5.15. The molecule has 3 heterocycles. The van der Waals surface area contributed by atoms with E-state index in [9.17, 15) is 8.42 Å². The number of aromatic nitrogens is 2. The first-order valence-corrected chi connectivity index (χ1v) is 15.9. The van der Waals surface area contributed by atoms with Gasteiger partial charge in [-0.2, -0.15) is 0 Å². The number of imidazole rings is 1. The molecule has 2 aliphatic heterocycles. The Bertz CT molecular complexity index is 1380. The molecule has 2 aromatic carbocycles. The lowest BCUT2D eigenvalue weighted by Gasteiger charge is -2.45. The lowest BCUT2D eigenvalue weighted by molar-refractivity contribution is 0.0468. The van der Waals surface area contributed by atoms with Crippen LogP contribution in [0.15, 0.2) is 41.3 Å². The van der Waals surface area contributed by atoms with Gasteiger partial charge in [0.25, 0.3) is 0 Å².